The smallest absolute Gasteiger partial charge is 0.410 e. The average Bonchev–Trinajstić information content (AvgIpc) is 3.82. The van der Waals surface area contributed by atoms with E-state index >= 15 is 0 Å². The Morgan fingerprint density at radius 1 is 0.700 bits per heavy atom. The van der Waals surface area contributed by atoms with Crippen LogP contribution in [0.1, 0.15) is 97.3 Å². The number of ether oxygens (including phenoxy) is 2. The van der Waals surface area contributed by atoms with Gasteiger partial charge in [-0.3, -0.25) is 4.90 Å². The molecule has 6 rings (SSSR count). The van der Waals surface area contributed by atoms with E-state index < -0.39 is 11.2 Å². The van der Waals surface area contributed by atoms with E-state index in [4.69, 9.17) is 14.5 Å². The summed E-state index contributed by atoms with van der Waals surface area (Å²) in [6.45, 7) is 11.9. The number of hydrogen-bond donors (Lipinski definition) is 3. The highest BCUT2D eigenvalue weighted by atomic mass is 32.1. The summed E-state index contributed by atoms with van der Waals surface area (Å²) in [6, 6.07) is 16.7. The van der Waals surface area contributed by atoms with Crippen molar-refractivity contribution in [2.75, 3.05) is 6.54 Å². The van der Waals surface area contributed by atoms with Crippen LogP contribution in [0.4, 0.5) is 9.59 Å². The van der Waals surface area contributed by atoms with Crippen molar-refractivity contribution in [3.63, 3.8) is 0 Å². The second-order valence-electron chi connectivity index (χ2n) is 14.6. The Balaban J connectivity index is 0.00000225. The summed E-state index contributed by atoms with van der Waals surface area (Å²) in [7, 11) is 0. The first-order valence-corrected chi connectivity index (χ1v) is 16.6. The first kappa shape index (κ1) is 40.9. The number of alkyl carbamates (subject to hydrolysis) is 1. The minimum Gasteiger partial charge on any atom is -0.444 e. The van der Waals surface area contributed by atoms with Crippen molar-refractivity contribution in [3.05, 3.63) is 72.6 Å². The van der Waals surface area contributed by atoms with Crippen LogP contribution in [0.2, 0.25) is 0 Å². The average molecular weight is 741 g/mol. The summed E-state index contributed by atoms with van der Waals surface area (Å²) in [5.74, 6) is 1.81. The Morgan fingerprint density at radius 3 is 1.74 bits per heavy atom. The molecule has 2 aromatic heterocycles. The molecule has 1 saturated heterocycles. The summed E-state index contributed by atoms with van der Waals surface area (Å²) < 4.78 is 11.1. The summed E-state index contributed by atoms with van der Waals surface area (Å²) >= 11 is 0. The van der Waals surface area contributed by atoms with Gasteiger partial charge in [-0.05, 0) is 89.5 Å². The normalized spacial score (nSPS) is 18.8. The summed E-state index contributed by atoms with van der Waals surface area (Å²) in [5.41, 5.74) is 5.11. The van der Waals surface area contributed by atoms with Gasteiger partial charge in [0.25, 0.3) is 0 Å². The maximum absolute atomic E-state index is 12.8. The summed E-state index contributed by atoms with van der Waals surface area (Å²) in [5, 5.41) is 3.05. The van der Waals surface area contributed by atoms with Gasteiger partial charge in [-0.2, -0.15) is 40.5 Å². The topological polar surface area (TPSA) is 125 Å². The second kappa shape index (κ2) is 16.6. The molecule has 1 saturated carbocycles. The molecule has 4 aromatic rings. The third-order valence-corrected chi connectivity index (χ3v) is 8.68. The first-order chi connectivity index (χ1) is 22.3. The molecule has 2 fully saturated rings. The van der Waals surface area contributed by atoms with Crippen molar-refractivity contribution < 1.29 is 19.1 Å². The van der Waals surface area contributed by atoms with E-state index in [-0.39, 0.29) is 70.7 Å². The molecule has 3 atom stereocenters. The number of imidazole rings is 2. The molecule has 2 aromatic carbocycles. The number of benzene rings is 2. The number of nitrogens with one attached hydrogen (secondary N) is 3. The van der Waals surface area contributed by atoms with Crippen LogP contribution in [0, 0.1) is 0 Å². The predicted octanol–water partition coefficient (Wildman–Crippen LogP) is 8.70. The molecule has 3 heterocycles. The molecular formula is C37H52N6O4S3. The van der Waals surface area contributed by atoms with Crippen LogP contribution in [-0.4, -0.2) is 60.8 Å². The fourth-order valence-corrected chi connectivity index (χ4v) is 6.52. The van der Waals surface area contributed by atoms with Gasteiger partial charge >= 0.3 is 12.2 Å². The van der Waals surface area contributed by atoms with Gasteiger partial charge in [0.2, 0.25) is 0 Å². The Morgan fingerprint density at radius 2 is 1.20 bits per heavy atom. The molecule has 0 unspecified atom stereocenters. The van der Waals surface area contributed by atoms with Crippen molar-refractivity contribution in [1.82, 2.24) is 30.2 Å². The van der Waals surface area contributed by atoms with Crippen LogP contribution >= 0.6 is 40.5 Å². The van der Waals surface area contributed by atoms with E-state index in [1.165, 1.54) is 0 Å². The molecule has 2 amide bonds. The molecule has 2 aliphatic rings. The standard InChI is InChI=1S/C37H46N6O4.3H2S/c1-36(2,3)46-34(44)42-28-10-7-9-27(28)32-38-21-29(40-32)25-16-12-23(13-17-25)24-14-18-26(19-15-24)30-22-39-33(41-30)31-11-8-20-43(31)35(45)47-37(4,5)6;;;/h12-19,21-22,27-28,31H,7-11,20H2,1-6H3,(H,38,40)(H,39,41)(H,42,44);3*1H2/t27-,28-,31-;;;/m0.../s1. The second-order valence-corrected chi connectivity index (χ2v) is 14.6. The zero-order valence-electron chi connectivity index (χ0n) is 29.7. The number of aromatic amines is 2. The Kier molecular flexibility index (Phi) is 13.6. The van der Waals surface area contributed by atoms with Gasteiger partial charge in [-0.1, -0.05) is 55.0 Å². The predicted molar refractivity (Wildman–Crippen MR) is 213 cm³/mol. The molecule has 1 aliphatic carbocycles. The largest absolute Gasteiger partial charge is 0.444 e. The van der Waals surface area contributed by atoms with Gasteiger partial charge in [-0.15, -0.1) is 0 Å². The highest BCUT2D eigenvalue weighted by molar-refractivity contribution is 7.59. The van der Waals surface area contributed by atoms with Gasteiger partial charge in [0.1, 0.15) is 22.9 Å². The number of nitrogens with zero attached hydrogens (tertiary/aromatic N) is 3. The van der Waals surface area contributed by atoms with E-state index in [0.29, 0.717) is 6.54 Å². The zero-order chi connectivity index (χ0) is 33.3. The maximum Gasteiger partial charge on any atom is 0.410 e. The maximum atomic E-state index is 12.8. The zero-order valence-corrected chi connectivity index (χ0v) is 32.7. The molecule has 10 nitrogen and oxygen atoms in total. The van der Waals surface area contributed by atoms with Gasteiger partial charge in [0, 0.05) is 18.5 Å². The number of carbonyl (C=O) groups is 2. The van der Waals surface area contributed by atoms with E-state index in [0.717, 1.165) is 77.4 Å². The van der Waals surface area contributed by atoms with E-state index in [2.05, 4.69) is 68.8 Å². The summed E-state index contributed by atoms with van der Waals surface area (Å²) in [6.07, 6.45) is 7.71. The minimum absolute atomic E-state index is 0. The van der Waals surface area contributed by atoms with E-state index in [1.807, 2.05) is 53.9 Å². The number of H-pyrrole nitrogens is 2. The van der Waals surface area contributed by atoms with Crippen LogP contribution in [-0.2, 0) is 9.47 Å². The molecule has 0 spiro atoms. The molecule has 0 radical (unpaired) electrons. The lowest BCUT2D eigenvalue weighted by molar-refractivity contribution is 0.0218. The van der Waals surface area contributed by atoms with Crippen LogP contribution in [0.25, 0.3) is 33.6 Å². The molecule has 3 N–H and O–H groups in total. The number of hydrogen-bond acceptors (Lipinski definition) is 6. The van der Waals surface area contributed by atoms with Crippen molar-refractivity contribution in [1.29, 1.82) is 0 Å². The summed E-state index contributed by atoms with van der Waals surface area (Å²) in [4.78, 5) is 43.2. The van der Waals surface area contributed by atoms with Crippen molar-refractivity contribution in [2.45, 2.75) is 103 Å². The van der Waals surface area contributed by atoms with Gasteiger partial charge in [-0.25, -0.2) is 19.6 Å². The fraction of sp³-hybridized carbons (Fsp3) is 0.459. The Bertz CT molecular complexity index is 1710. The van der Waals surface area contributed by atoms with Gasteiger partial charge < -0.3 is 24.8 Å². The van der Waals surface area contributed by atoms with Crippen molar-refractivity contribution in [3.8, 4) is 33.6 Å². The molecule has 272 valence electrons. The monoisotopic (exact) mass is 740 g/mol. The van der Waals surface area contributed by atoms with Crippen LogP contribution in [0.5, 0.6) is 0 Å². The lowest BCUT2D eigenvalue weighted by atomic mass is 10.0. The molecule has 13 heteroatoms. The van der Waals surface area contributed by atoms with Gasteiger partial charge in [0.05, 0.1) is 29.8 Å². The van der Waals surface area contributed by atoms with Crippen molar-refractivity contribution >= 4 is 52.7 Å². The molecule has 1 aliphatic heterocycles. The minimum atomic E-state index is -0.536. The lowest BCUT2D eigenvalue weighted by Crippen LogP contribution is -2.40. The first-order valence-electron chi connectivity index (χ1n) is 16.6. The van der Waals surface area contributed by atoms with Crippen LogP contribution < -0.4 is 5.32 Å². The van der Waals surface area contributed by atoms with E-state index in [9.17, 15) is 9.59 Å². The van der Waals surface area contributed by atoms with Crippen molar-refractivity contribution in [2.24, 2.45) is 0 Å². The fourth-order valence-electron chi connectivity index (χ4n) is 6.52. The number of amides is 2. The third-order valence-electron chi connectivity index (χ3n) is 8.68. The third kappa shape index (κ3) is 9.82. The number of carbonyl (C=O) groups excluding carboxylic acids is 2. The van der Waals surface area contributed by atoms with E-state index in [1.54, 1.807) is 4.90 Å². The highest BCUT2D eigenvalue weighted by Crippen LogP contribution is 2.36. The number of likely N-dealkylation sites (tertiary alicyclic amines) is 1. The molecular weight excluding hydrogens is 689 g/mol. The SMILES string of the molecule is CC(C)(C)OC(=O)N[C@H]1CCC[C@@H]1c1ncc(-c2ccc(-c3ccc(-c4cnc([C@@H]5CCCN5C(=O)OC(C)(C)C)[nH]4)cc3)cc2)[nH]1.S.S.S. The van der Waals surface area contributed by atoms with Gasteiger partial charge in [0.15, 0.2) is 0 Å². The molecule has 0 bridgehead atoms. The number of aromatic nitrogens is 4. The quantitative estimate of drug-likeness (QED) is 0.182. The Labute approximate surface area is 316 Å². The lowest BCUT2D eigenvalue weighted by Gasteiger charge is -2.27. The number of rotatable bonds is 6. The highest BCUT2D eigenvalue weighted by Gasteiger charge is 2.35. The van der Waals surface area contributed by atoms with Crippen LogP contribution in [0.15, 0.2) is 60.9 Å². The van der Waals surface area contributed by atoms with Crippen LogP contribution in [0.3, 0.4) is 0 Å². The Hall–Kier alpha value is -3.55. The molecule has 50 heavy (non-hydrogen) atoms.